The number of nitrogens with zero attached hydrogens (tertiary/aromatic N) is 2. The molecule has 0 aliphatic carbocycles. The molecule has 6 heteroatoms. The molecular weight excluding hydrogens is 295 g/mol. The first-order valence-corrected chi connectivity index (χ1v) is 7.48. The summed E-state index contributed by atoms with van der Waals surface area (Å²) in [6, 6.07) is 5.69. The van der Waals surface area contributed by atoms with Gasteiger partial charge in [-0.2, -0.15) is 0 Å². The zero-order valence-corrected chi connectivity index (χ0v) is 12.1. The van der Waals surface area contributed by atoms with Crippen LogP contribution < -0.4 is 10.6 Å². The fraction of sp³-hybridized carbons (Fsp3) is 0.417. The maximum atomic E-state index is 12.0. The van der Waals surface area contributed by atoms with Gasteiger partial charge in [-0.15, -0.1) is 0 Å². The van der Waals surface area contributed by atoms with E-state index in [9.17, 15) is 4.79 Å². The molecule has 0 aliphatic rings. The normalized spacial score (nSPS) is 12.6. The van der Waals surface area contributed by atoms with E-state index in [4.69, 9.17) is 0 Å². The number of aromatic nitrogens is 2. The summed E-state index contributed by atoms with van der Waals surface area (Å²) in [6.45, 7) is 5.49. The second-order valence-electron chi connectivity index (χ2n) is 4.14. The van der Waals surface area contributed by atoms with Gasteiger partial charge in [0, 0.05) is 0 Å². The minimum atomic E-state index is -0.0709. The summed E-state index contributed by atoms with van der Waals surface area (Å²) in [7, 11) is 0. The average molecular weight is 311 g/mol. The standard InChI is InChI=1S/C12H16N4OSe/c1-3-13-7-8(2)12(17)14-9-5-4-6-10-11(9)16-18-15-10/h4-6,8,13H,3,7H2,1-2H3,(H,14,17). The van der Waals surface area contributed by atoms with Crippen molar-refractivity contribution in [3.8, 4) is 0 Å². The van der Waals surface area contributed by atoms with Gasteiger partial charge in [-0.3, -0.25) is 0 Å². The summed E-state index contributed by atoms with van der Waals surface area (Å²) in [5, 5.41) is 6.10. The molecule has 5 nitrogen and oxygen atoms in total. The fourth-order valence-corrected chi connectivity index (χ4v) is 2.77. The van der Waals surface area contributed by atoms with Gasteiger partial charge in [0.25, 0.3) is 0 Å². The van der Waals surface area contributed by atoms with E-state index in [-0.39, 0.29) is 26.8 Å². The summed E-state index contributed by atoms with van der Waals surface area (Å²) in [6.07, 6.45) is 0. The van der Waals surface area contributed by atoms with Crippen LogP contribution in [0, 0.1) is 5.92 Å². The van der Waals surface area contributed by atoms with Gasteiger partial charge >= 0.3 is 112 Å². The Hall–Kier alpha value is -1.23. The topological polar surface area (TPSA) is 66.9 Å². The quantitative estimate of drug-likeness (QED) is 0.804. The third kappa shape index (κ3) is 2.96. The molecule has 96 valence electrons. The van der Waals surface area contributed by atoms with Crippen molar-refractivity contribution in [2.24, 2.45) is 5.92 Å². The Morgan fingerprint density at radius 3 is 3.06 bits per heavy atom. The Balaban J connectivity index is 2.09. The van der Waals surface area contributed by atoms with Gasteiger partial charge in [0.2, 0.25) is 0 Å². The zero-order valence-electron chi connectivity index (χ0n) is 10.4. The summed E-state index contributed by atoms with van der Waals surface area (Å²) < 4.78 is 8.63. The Labute approximate surface area is 112 Å². The van der Waals surface area contributed by atoms with Crippen molar-refractivity contribution in [2.75, 3.05) is 18.4 Å². The van der Waals surface area contributed by atoms with Gasteiger partial charge in [0.05, 0.1) is 0 Å². The monoisotopic (exact) mass is 312 g/mol. The maximum absolute atomic E-state index is 12.0. The van der Waals surface area contributed by atoms with Gasteiger partial charge in [0.15, 0.2) is 0 Å². The summed E-state index contributed by atoms with van der Waals surface area (Å²) in [5.74, 6) is -0.0522. The van der Waals surface area contributed by atoms with E-state index in [0.717, 1.165) is 23.3 Å². The van der Waals surface area contributed by atoms with Crippen molar-refractivity contribution in [2.45, 2.75) is 13.8 Å². The van der Waals surface area contributed by atoms with Crippen LogP contribution in [0.3, 0.4) is 0 Å². The predicted octanol–water partition coefficient (Wildman–Crippen LogP) is 0.871. The van der Waals surface area contributed by atoms with E-state index in [1.165, 1.54) is 0 Å². The van der Waals surface area contributed by atoms with Crippen LogP contribution in [-0.4, -0.2) is 41.9 Å². The molecule has 0 fully saturated rings. The van der Waals surface area contributed by atoms with Gasteiger partial charge in [-0.1, -0.05) is 0 Å². The fourth-order valence-electron chi connectivity index (χ4n) is 1.62. The number of hydrogen-bond donors (Lipinski definition) is 2. The van der Waals surface area contributed by atoms with Gasteiger partial charge in [-0.05, 0) is 0 Å². The molecule has 1 heterocycles. The number of hydrogen-bond acceptors (Lipinski definition) is 4. The molecule has 18 heavy (non-hydrogen) atoms. The summed E-state index contributed by atoms with van der Waals surface area (Å²) in [4.78, 5) is 12.0. The first-order valence-electron chi connectivity index (χ1n) is 5.95. The van der Waals surface area contributed by atoms with Crippen molar-refractivity contribution in [3.05, 3.63) is 18.2 Å². The van der Waals surface area contributed by atoms with Crippen molar-refractivity contribution >= 4 is 37.6 Å². The van der Waals surface area contributed by atoms with E-state index in [0.29, 0.717) is 6.54 Å². The van der Waals surface area contributed by atoms with Gasteiger partial charge < -0.3 is 0 Å². The van der Waals surface area contributed by atoms with Crippen LogP contribution >= 0.6 is 0 Å². The molecule has 0 bridgehead atoms. The van der Waals surface area contributed by atoms with Crippen molar-refractivity contribution in [1.29, 1.82) is 0 Å². The summed E-state index contributed by atoms with van der Waals surface area (Å²) in [5.41, 5.74) is 2.47. The molecule has 2 rings (SSSR count). The Bertz CT molecular complexity index is 540. The number of amides is 1. The molecule has 0 aliphatic heterocycles. The summed E-state index contributed by atoms with van der Waals surface area (Å²) >= 11 is -0.0709. The molecule has 2 aromatic rings. The van der Waals surface area contributed by atoms with E-state index < -0.39 is 0 Å². The number of benzene rings is 1. The molecule has 1 unspecified atom stereocenters. The van der Waals surface area contributed by atoms with Gasteiger partial charge in [0.1, 0.15) is 0 Å². The average Bonchev–Trinajstić information content (AvgIpc) is 2.85. The number of nitrogens with one attached hydrogen (secondary N) is 2. The van der Waals surface area contributed by atoms with Crippen molar-refractivity contribution in [3.63, 3.8) is 0 Å². The van der Waals surface area contributed by atoms with Crippen LogP contribution in [0.4, 0.5) is 5.69 Å². The van der Waals surface area contributed by atoms with E-state index in [2.05, 4.69) is 18.6 Å². The number of anilines is 1. The molecule has 0 radical (unpaired) electrons. The number of carbonyl (C=O) groups is 1. The third-order valence-corrected chi connectivity index (χ3v) is 3.83. The van der Waals surface area contributed by atoms with Crippen molar-refractivity contribution < 1.29 is 4.79 Å². The van der Waals surface area contributed by atoms with Crippen molar-refractivity contribution in [1.82, 2.24) is 13.3 Å². The van der Waals surface area contributed by atoms with Crippen LogP contribution in [0.2, 0.25) is 0 Å². The minimum absolute atomic E-state index is 0.0129. The Kier molecular flexibility index (Phi) is 4.47. The number of rotatable bonds is 5. The molecule has 1 amide bonds. The molecule has 1 aromatic carbocycles. The first kappa shape index (κ1) is 13.2. The molecule has 0 saturated carbocycles. The zero-order chi connectivity index (χ0) is 13.0. The molecule has 2 N–H and O–H groups in total. The number of fused-ring (bicyclic) bond motifs is 1. The van der Waals surface area contributed by atoms with Gasteiger partial charge in [-0.25, -0.2) is 0 Å². The first-order chi connectivity index (χ1) is 8.72. The van der Waals surface area contributed by atoms with Crippen LogP contribution in [-0.2, 0) is 4.79 Å². The third-order valence-electron chi connectivity index (χ3n) is 2.69. The predicted molar refractivity (Wildman–Crippen MR) is 72.8 cm³/mol. The van der Waals surface area contributed by atoms with E-state index in [1.807, 2.05) is 32.0 Å². The van der Waals surface area contributed by atoms with E-state index in [1.54, 1.807) is 0 Å². The Morgan fingerprint density at radius 1 is 1.44 bits per heavy atom. The second-order valence-corrected chi connectivity index (χ2v) is 5.24. The van der Waals surface area contributed by atoms with Crippen LogP contribution in [0.5, 0.6) is 0 Å². The number of carbonyl (C=O) groups excluding carboxylic acids is 1. The molecular formula is C12H16N4OSe. The molecule has 1 atom stereocenters. The van der Waals surface area contributed by atoms with E-state index >= 15 is 0 Å². The van der Waals surface area contributed by atoms with Crippen LogP contribution in [0.15, 0.2) is 18.2 Å². The SMILES string of the molecule is CCNCC(C)C(=O)Nc1cccc2n[se]nc12. The molecule has 0 spiro atoms. The molecule has 0 saturated heterocycles. The molecule has 1 aromatic heterocycles. The second kappa shape index (κ2) is 6.09. The Morgan fingerprint density at radius 2 is 2.28 bits per heavy atom. The van der Waals surface area contributed by atoms with Crippen LogP contribution in [0.25, 0.3) is 11.0 Å². The van der Waals surface area contributed by atoms with Crippen LogP contribution in [0.1, 0.15) is 13.8 Å².